The van der Waals surface area contributed by atoms with Crippen molar-refractivity contribution in [2.75, 3.05) is 12.8 Å². The van der Waals surface area contributed by atoms with Crippen LogP contribution in [-0.2, 0) is 6.18 Å². The number of methoxy groups -OCH3 is 1. The van der Waals surface area contributed by atoms with Gasteiger partial charge in [-0.05, 0) is 18.2 Å². The molecule has 0 radical (unpaired) electrons. The minimum absolute atomic E-state index is 0.0965. The highest BCUT2D eigenvalue weighted by Gasteiger charge is 2.32. The molecule has 0 atom stereocenters. The first kappa shape index (κ1) is 11.5. The zero-order valence-corrected chi connectivity index (χ0v) is 8.88. The maximum Gasteiger partial charge on any atom is 0.433 e. The van der Waals surface area contributed by atoms with E-state index in [0.29, 0.717) is 11.1 Å². The number of ether oxygens (including phenoxy) is 1. The van der Waals surface area contributed by atoms with E-state index < -0.39 is 11.9 Å². The molecule has 0 unspecified atom stereocenters. The smallest absolute Gasteiger partial charge is 0.433 e. The van der Waals surface area contributed by atoms with E-state index in [2.05, 4.69) is 4.98 Å². The Morgan fingerprint density at radius 2 is 1.82 bits per heavy atom. The zero-order chi connectivity index (χ0) is 12.6. The zero-order valence-electron chi connectivity index (χ0n) is 8.88. The summed E-state index contributed by atoms with van der Waals surface area (Å²) >= 11 is 0. The van der Waals surface area contributed by atoms with Gasteiger partial charge in [-0.3, -0.25) is 0 Å². The summed E-state index contributed by atoms with van der Waals surface area (Å²) in [6.07, 6.45) is -4.48. The van der Waals surface area contributed by atoms with Gasteiger partial charge in [0.1, 0.15) is 17.1 Å². The van der Waals surface area contributed by atoms with Gasteiger partial charge in [-0.25, -0.2) is 4.98 Å². The summed E-state index contributed by atoms with van der Waals surface area (Å²) < 4.78 is 42.4. The molecule has 0 saturated heterocycles. The number of aromatic nitrogens is 1. The Bertz CT molecular complexity index is 566. The van der Waals surface area contributed by atoms with Crippen molar-refractivity contribution in [2.24, 2.45) is 0 Å². The van der Waals surface area contributed by atoms with E-state index in [4.69, 9.17) is 10.5 Å². The standard InChI is InChI=1S/C11H9F3N2O/c1-17-7-4-2-6-3-5-8(11(12,13)14)16-10(6)9(7)15/h2-5H,15H2,1H3. The summed E-state index contributed by atoms with van der Waals surface area (Å²) in [7, 11) is 1.39. The summed E-state index contributed by atoms with van der Waals surface area (Å²) in [5, 5.41) is 0.538. The van der Waals surface area contributed by atoms with Crippen LogP contribution in [0.5, 0.6) is 5.75 Å². The van der Waals surface area contributed by atoms with Crippen LogP contribution in [0.3, 0.4) is 0 Å². The number of benzene rings is 1. The second kappa shape index (κ2) is 3.80. The van der Waals surface area contributed by atoms with Crippen molar-refractivity contribution in [3.8, 4) is 5.75 Å². The lowest BCUT2D eigenvalue weighted by molar-refractivity contribution is -0.140. The van der Waals surface area contributed by atoms with E-state index in [-0.39, 0.29) is 11.2 Å². The highest BCUT2D eigenvalue weighted by molar-refractivity contribution is 5.92. The second-order valence-electron chi connectivity index (χ2n) is 3.45. The predicted molar refractivity (Wildman–Crippen MR) is 57.7 cm³/mol. The number of nitrogen functional groups attached to an aromatic ring is 1. The van der Waals surface area contributed by atoms with E-state index in [1.165, 1.54) is 13.2 Å². The van der Waals surface area contributed by atoms with Crippen LogP contribution in [-0.4, -0.2) is 12.1 Å². The van der Waals surface area contributed by atoms with Gasteiger partial charge < -0.3 is 10.5 Å². The fourth-order valence-corrected chi connectivity index (χ4v) is 1.53. The highest BCUT2D eigenvalue weighted by Crippen LogP contribution is 2.33. The normalized spacial score (nSPS) is 11.8. The van der Waals surface area contributed by atoms with Gasteiger partial charge in [0.2, 0.25) is 0 Å². The molecule has 90 valence electrons. The van der Waals surface area contributed by atoms with Gasteiger partial charge in [0, 0.05) is 5.39 Å². The number of nitrogens with zero attached hydrogens (tertiary/aromatic N) is 1. The summed E-state index contributed by atoms with van der Waals surface area (Å²) in [5.74, 6) is 0.310. The number of hydrogen-bond acceptors (Lipinski definition) is 3. The Balaban J connectivity index is 2.71. The maximum absolute atomic E-state index is 12.5. The van der Waals surface area contributed by atoms with Gasteiger partial charge in [0.05, 0.1) is 12.6 Å². The average molecular weight is 242 g/mol. The lowest BCUT2D eigenvalue weighted by atomic mass is 10.1. The van der Waals surface area contributed by atoms with Crippen LogP contribution in [0.1, 0.15) is 5.69 Å². The number of rotatable bonds is 1. The van der Waals surface area contributed by atoms with Gasteiger partial charge in [0.25, 0.3) is 0 Å². The average Bonchev–Trinajstić information content (AvgIpc) is 2.28. The fourth-order valence-electron chi connectivity index (χ4n) is 1.53. The number of halogens is 3. The van der Waals surface area contributed by atoms with Crippen LogP contribution in [0.4, 0.5) is 18.9 Å². The molecule has 1 aromatic heterocycles. The Hall–Kier alpha value is -1.98. The molecular formula is C11H9F3N2O. The van der Waals surface area contributed by atoms with Crippen LogP contribution >= 0.6 is 0 Å². The third-order valence-corrected chi connectivity index (χ3v) is 2.37. The lowest BCUT2D eigenvalue weighted by Crippen LogP contribution is -2.08. The summed E-state index contributed by atoms with van der Waals surface area (Å²) in [4.78, 5) is 3.52. The van der Waals surface area contributed by atoms with Gasteiger partial charge in [-0.1, -0.05) is 6.07 Å². The Morgan fingerprint density at radius 3 is 2.41 bits per heavy atom. The molecule has 1 aromatic carbocycles. The van der Waals surface area contributed by atoms with Gasteiger partial charge in [-0.2, -0.15) is 13.2 Å². The van der Waals surface area contributed by atoms with E-state index in [9.17, 15) is 13.2 Å². The van der Waals surface area contributed by atoms with E-state index in [1.807, 2.05) is 0 Å². The third kappa shape index (κ3) is 1.98. The SMILES string of the molecule is COc1ccc2ccc(C(F)(F)F)nc2c1N. The number of anilines is 1. The fraction of sp³-hybridized carbons (Fsp3) is 0.182. The minimum atomic E-state index is -4.48. The molecule has 3 nitrogen and oxygen atoms in total. The van der Waals surface area contributed by atoms with Gasteiger partial charge >= 0.3 is 6.18 Å². The van der Waals surface area contributed by atoms with Crippen molar-refractivity contribution in [1.29, 1.82) is 0 Å². The second-order valence-corrected chi connectivity index (χ2v) is 3.45. The Kier molecular flexibility index (Phi) is 2.57. The quantitative estimate of drug-likeness (QED) is 0.782. The molecule has 1 heterocycles. The van der Waals surface area contributed by atoms with Crippen molar-refractivity contribution >= 4 is 16.6 Å². The first-order valence-corrected chi connectivity index (χ1v) is 4.74. The monoisotopic (exact) mass is 242 g/mol. The third-order valence-electron chi connectivity index (χ3n) is 2.37. The van der Waals surface area contributed by atoms with Crippen molar-refractivity contribution in [1.82, 2.24) is 4.98 Å². The molecule has 0 bridgehead atoms. The maximum atomic E-state index is 12.5. The molecule has 0 fully saturated rings. The van der Waals surface area contributed by atoms with Gasteiger partial charge in [-0.15, -0.1) is 0 Å². The number of alkyl halides is 3. The predicted octanol–water partition coefficient (Wildman–Crippen LogP) is 2.84. The van der Waals surface area contributed by atoms with Crippen molar-refractivity contribution in [3.05, 3.63) is 30.0 Å². The molecular weight excluding hydrogens is 233 g/mol. The lowest BCUT2D eigenvalue weighted by Gasteiger charge is -2.10. The molecule has 0 amide bonds. The molecule has 6 heteroatoms. The molecule has 0 aliphatic rings. The van der Waals surface area contributed by atoms with Crippen LogP contribution in [0.15, 0.2) is 24.3 Å². The van der Waals surface area contributed by atoms with Crippen molar-refractivity contribution < 1.29 is 17.9 Å². The molecule has 17 heavy (non-hydrogen) atoms. The summed E-state index contributed by atoms with van der Waals surface area (Å²) in [6, 6.07) is 5.46. The van der Waals surface area contributed by atoms with E-state index in [0.717, 1.165) is 6.07 Å². The molecule has 0 aliphatic heterocycles. The Labute approximate surface area is 95.0 Å². The minimum Gasteiger partial charge on any atom is -0.495 e. The number of hydrogen-bond donors (Lipinski definition) is 1. The topological polar surface area (TPSA) is 48.1 Å². The first-order chi connectivity index (χ1) is 7.93. The first-order valence-electron chi connectivity index (χ1n) is 4.74. The molecule has 2 aromatic rings. The summed E-state index contributed by atoms with van der Waals surface area (Å²) in [6.45, 7) is 0. The van der Waals surface area contributed by atoms with Crippen LogP contribution in [0, 0.1) is 0 Å². The number of pyridine rings is 1. The van der Waals surface area contributed by atoms with E-state index in [1.54, 1.807) is 12.1 Å². The van der Waals surface area contributed by atoms with Crippen molar-refractivity contribution in [2.45, 2.75) is 6.18 Å². The Morgan fingerprint density at radius 1 is 1.18 bits per heavy atom. The molecule has 0 spiro atoms. The van der Waals surface area contributed by atoms with E-state index >= 15 is 0 Å². The van der Waals surface area contributed by atoms with Crippen LogP contribution < -0.4 is 10.5 Å². The van der Waals surface area contributed by atoms with Crippen molar-refractivity contribution in [3.63, 3.8) is 0 Å². The number of fused-ring (bicyclic) bond motifs is 1. The number of nitrogens with two attached hydrogens (primary N) is 1. The molecule has 2 N–H and O–H groups in total. The molecule has 0 aliphatic carbocycles. The van der Waals surface area contributed by atoms with Crippen LogP contribution in [0.25, 0.3) is 10.9 Å². The molecule has 2 rings (SSSR count). The van der Waals surface area contributed by atoms with Gasteiger partial charge in [0.15, 0.2) is 0 Å². The largest absolute Gasteiger partial charge is 0.495 e. The highest BCUT2D eigenvalue weighted by atomic mass is 19.4. The molecule has 0 saturated carbocycles. The van der Waals surface area contributed by atoms with Crippen LogP contribution in [0.2, 0.25) is 0 Å². The summed E-state index contributed by atoms with van der Waals surface area (Å²) in [5.41, 5.74) is 4.92.